The number of ether oxygens (including phenoxy) is 2. The summed E-state index contributed by atoms with van der Waals surface area (Å²) in [6.07, 6.45) is 1.84. The summed E-state index contributed by atoms with van der Waals surface area (Å²) in [6, 6.07) is 13.6. The molecule has 1 atom stereocenters. The number of carbonyl (C=O) groups is 2. The molecular weight excluding hydrogens is 437 g/mol. The average Bonchev–Trinajstić information content (AvgIpc) is 3.30. The minimum absolute atomic E-state index is 0.109. The first-order chi connectivity index (χ1) is 16.5. The number of esters is 1. The Kier molecular flexibility index (Phi) is 7.57. The molecule has 2 aliphatic rings. The van der Waals surface area contributed by atoms with Crippen molar-refractivity contribution in [2.75, 3.05) is 33.4 Å². The van der Waals surface area contributed by atoms with Crippen LogP contribution in [-0.2, 0) is 14.3 Å². The summed E-state index contributed by atoms with van der Waals surface area (Å²) >= 11 is 0. The van der Waals surface area contributed by atoms with Gasteiger partial charge in [-0.2, -0.15) is 5.10 Å². The van der Waals surface area contributed by atoms with Gasteiger partial charge in [0.1, 0.15) is 11.6 Å². The van der Waals surface area contributed by atoms with Gasteiger partial charge >= 0.3 is 5.97 Å². The van der Waals surface area contributed by atoms with E-state index in [1.807, 2.05) is 24.3 Å². The number of methoxy groups -OCH3 is 1. The van der Waals surface area contributed by atoms with Crippen molar-refractivity contribution in [3.8, 4) is 5.75 Å². The van der Waals surface area contributed by atoms with Crippen LogP contribution in [0.25, 0.3) is 0 Å². The standard InChI is InChI=1S/C26H30FN3O4/c1-3-34-26(32)19-11-13-29(14-12-19)17-25(31)30-24(18-7-9-22(33-2)10-8-18)16-23(28-30)20-5-4-6-21(27)15-20/h4-10,15,19,24H,3,11-14,16-17H2,1-2H3/t24-/m1/s1. The van der Waals surface area contributed by atoms with Gasteiger partial charge in [0.25, 0.3) is 5.91 Å². The Morgan fingerprint density at radius 1 is 1.12 bits per heavy atom. The number of nitrogens with zero attached hydrogens (tertiary/aromatic N) is 3. The number of likely N-dealkylation sites (tertiary alicyclic amines) is 1. The molecule has 180 valence electrons. The molecule has 0 aromatic heterocycles. The average molecular weight is 468 g/mol. The molecule has 0 aliphatic carbocycles. The highest BCUT2D eigenvalue weighted by atomic mass is 19.1. The summed E-state index contributed by atoms with van der Waals surface area (Å²) in [5, 5.41) is 6.16. The first-order valence-electron chi connectivity index (χ1n) is 11.7. The fraction of sp³-hybridized carbons (Fsp3) is 0.423. The van der Waals surface area contributed by atoms with Crippen molar-refractivity contribution < 1.29 is 23.5 Å². The Balaban J connectivity index is 1.49. The zero-order chi connectivity index (χ0) is 24.1. The lowest BCUT2D eigenvalue weighted by Crippen LogP contribution is -2.43. The van der Waals surface area contributed by atoms with Gasteiger partial charge in [0.15, 0.2) is 0 Å². The highest BCUT2D eigenvalue weighted by Crippen LogP contribution is 2.34. The minimum atomic E-state index is -0.338. The fourth-order valence-electron chi connectivity index (χ4n) is 4.52. The second-order valence-corrected chi connectivity index (χ2v) is 8.59. The van der Waals surface area contributed by atoms with Crippen LogP contribution in [0.1, 0.15) is 43.4 Å². The van der Waals surface area contributed by atoms with E-state index in [9.17, 15) is 14.0 Å². The predicted octanol–water partition coefficient (Wildman–Crippen LogP) is 3.79. The summed E-state index contributed by atoms with van der Waals surface area (Å²) in [7, 11) is 1.61. The number of hydrogen-bond acceptors (Lipinski definition) is 6. The lowest BCUT2D eigenvalue weighted by Gasteiger charge is -2.32. The van der Waals surface area contributed by atoms with Crippen LogP contribution in [-0.4, -0.2) is 60.8 Å². The minimum Gasteiger partial charge on any atom is -0.497 e. The van der Waals surface area contributed by atoms with E-state index in [1.165, 1.54) is 17.1 Å². The van der Waals surface area contributed by atoms with E-state index < -0.39 is 0 Å². The van der Waals surface area contributed by atoms with Crippen LogP contribution in [0.15, 0.2) is 53.6 Å². The summed E-state index contributed by atoms with van der Waals surface area (Å²) in [6.45, 7) is 3.69. The Hall–Kier alpha value is -3.26. The summed E-state index contributed by atoms with van der Waals surface area (Å²) in [5.74, 6) is 0.00674. The molecule has 0 saturated carbocycles. The second kappa shape index (κ2) is 10.8. The van der Waals surface area contributed by atoms with Crippen LogP contribution in [0.4, 0.5) is 4.39 Å². The van der Waals surface area contributed by atoms with E-state index in [-0.39, 0.29) is 36.2 Å². The third-order valence-corrected chi connectivity index (χ3v) is 6.39. The number of halogens is 1. The van der Waals surface area contributed by atoms with Gasteiger partial charge < -0.3 is 9.47 Å². The molecular formula is C26H30FN3O4. The third kappa shape index (κ3) is 5.44. The highest BCUT2D eigenvalue weighted by molar-refractivity contribution is 6.03. The second-order valence-electron chi connectivity index (χ2n) is 8.59. The van der Waals surface area contributed by atoms with Crippen LogP contribution in [0.3, 0.4) is 0 Å². The van der Waals surface area contributed by atoms with Crippen molar-refractivity contribution >= 4 is 17.6 Å². The normalized spacial score (nSPS) is 19.1. The molecule has 1 saturated heterocycles. The maximum Gasteiger partial charge on any atom is 0.309 e. The topological polar surface area (TPSA) is 71.4 Å². The lowest BCUT2D eigenvalue weighted by molar-refractivity contribution is -0.149. The van der Waals surface area contributed by atoms with E-state index >= 15 is 0 Å². The first-order valence-corrected chi connectivity index (χ1v) is 11.7. The molecule has 2 aromatic carbocycles. The Bertz CT molecular complexity index is 1050. The van der Waals surface area contributed by atoms with Crippen molar-refractivity contribution in [2.45, 2.75) is 32.2 Å². The molecule has 2 aromatic rings. The molecule has 0 spiro atoms. The molecule has 1 fully saturated rings. The molecule has 34 heavy (non-hydrogen) atoms. The van der Waals surface area contributed by atoms with E-state index in [0.29, 0.717) is 50.2 Å². The Labute approximate surface area is 199 Å². The van der Waals surface area contributed by atoms with Crippen LogP contribution in [0.5, 0.6) is 5.75 Å². The molecule has 0 radical (unpaired) electrons. The molecule has 0 unspecified atom stereocenters. The van der Waals surface area contributed by atoms with E-state index in [0.717, 1.165) is 11.3 Å². The van der Waals surface area contributed by atoms with Crippen LogP contribution < -0.4 is 4.74 Å². The van der Waals surface area contributed by atoms with Gasteiger partial charge in [-0.1, -0.05) is 24.3 Å². The largest absolute Gasteiger partial charge is 0.497 e. The molecule has 4 rings (SSSR count). The van der Waals surface area contributed by atoms with Crippen LogP contribution in [0.2, 0.25) is 0 Å². The third-order valence-electron chi connectivity index (χ3n) is 6.39. The zero-order valence-electron chi connectivity index (χ0n) is 19.6. The first kappa shape index (κ1) is 23.9. The van der Waals surface area contributed by atoms with Gasteiger partial charge in [-0.25, -0.2) is 9.40 Å². The number of hydrazone groups is 1. The SMILES string of the molecule is CCOC(=O)C1CCN(CC(=O)N2N=C(c3cccc(F)c3)C[C@@H]2c2ccc(OC)cc2)CC1. The molecule has 0 N–H and O–H groups in total. The van der Waals surface area contributed by atoms with Crippen molar-refractivity contribution in [1.29, 1.82) is 0 Å². The van der Waals surface area contributed by atoms with E-state index in [1.54, 1.807) is 26.2 Å². The van der Waals surface area contributed by atoms with Crippen molar-refractivity contribution in [2.24, 2.45) is 11.0 Å². The molecule has 1 amide bonds. The van der Waals surface area contributed by atoms with Gasteiger partial charge in [-0.05, 0) is 62.7 Å². The fourth-order valence-corrected chi connectivity index (χ4v) is 4.52. The Morgan fingerprint density at radius 2 is 1.85 bits per heavy atom. The molecule has 0 bridgehead atoms. The predicted molar refractivity (Wildman–Crippen MR) is 126 cm³/mol. The van der Waals surface area contributed by atoms with E-state index in [4.69, 9.17) is 9.47 Å². The van der Waals surface area contributed by atoms with Gasteiger partial charge in [0.2, 0.25) is 0 Å². The summed E-state index contributed by atoms with van der Waals surface area (Å²) in [5.41, 5.74) is 2.28. The summed E-state index contributed by atoms with van der Waals surface area (Å²) in [4.78, 5) is 27.4. The number of rotatable bonds is 7. The van der Waals surface area contributed by atoms with Gasteiger partial charge in [0, 0.05) is 12.0 Å². The van der Waals surface area contributed by atoms with Crippen molar-refractivity contribution in [3.05, 3.63) is 65.5 Å². The number of hydrogen-bond donors (Lipinski definition) is 0. The zero-order valence-corrected chi connectivity index (χ0v) is 19.6. The lowest BCUT2D eigenvalue weighted by atomic mass is 9.97. The molecule has 2 heterocycles. The maximum absolute atomic E-state index is 13.8. The molecule has 7 nitrogen and oxygen atoms in total. The molecule has 2 aliphatic heterocycles. The van der Waals surface area contributed by atoms with Crippen molar-refractivity contribution in [3.63, 3.8) is 0 Å². The number of carbonyl (C=O) groups excluding carboxylic acids is 2. The number of amides is 1. The van der Waals surface area contributed by atoms with Gasteiger partial charge in [-0.3, -0.25) is 14.5 Å². The van der Waals surface area contributed by atoms with Crippen LogP contribution in [0, 0.1) is 11.7 Å². The smallest absolute Gasteiger partial charge is 0.309 e. The monoisotopic (exact) mass is 467 g/mol. The van der Waals surface area contributed by atoms with Crippen molar-refractivity contribution in [1.82, 2.24) is 9.91 Å². The van der Waals surface area contributed by atoms with Gasteiger partial charge in [-0.15, -0.1) is 0 Å². The summed E-state index contributed by atoms with van der Waals surface area (Å²) < 4.78 is 24.2. The quantitative estimate of drug-likeness (QED) is 0.580. The maximum atomic E-state index is 13.8. The van der Waals surface area contributed by atoms with E-state index in [2.05, 4.69) is 10.0 Å². The number of benzene rings is 2. The molecule has 8 heteroatoms. The van der Waals surface area contributed by atoms with Crippen LogP contribution >= 0.6 is 0 Å². The number of piperidine rings is 1. The highest BCUT2D eigenvalue weighted by Gasteiger charge is 2.35. The Morgan fingerprint density at radius 3 is 2.50 bits per heavy atom. The van der Waals surface area contributed by atoms with Gasteiger partial charge in [0.05, 0.1) is 37.9 Å².